The van der Waals surface area contributed by atoms with Crippen molar-refractivity contribution in [1.29, 1.82) is 0 Å². The molecule has 13 heteroatoms. The molecule has 0 aliphatic carbocycles. The van der Waals surface area contributed by atoms with Crippen LogP contribution in [0.25, 0.3) is 17.0 Å². The molecule has 0 spiro atoms. The number of rotatable bonds is 5. The van der Waals surface area contributed by atoms with E-state index in [0.717, 1.165) is 36.2 Å². The zero-order valence-corrected chi connectivity index (χ0v) is 17.4. The Bertz CT molecular complexity index is 1200. The van der Waals surface area contributed by atoms with Crippen LogP contribution < -0.4 is 9.62 Å². The summed E-state index contributed by atoms with van der Waals surface area (Å²) in [6, 6.07) is 3.82. The fourth-order valence-corrected chi connectivity index (χ4v) is 4.11. The summed E-state index contributed by atoms with van der Waals surface area (Å²) in [6.07, 6.45) is 1.06. The molecule has 1 aliphatic heterocycles. The fraction of sp³-hybridized carbons (Fsp3) is 0.444. The minimum atomic E-state index is -4.57. The van der Waals surface area contributed by atoms with Gasteiger partial charge in [0.05, 0.1) is 18.1 Å². The van der Waals surface area contributed by atoms with Gasteiger partial charge >= 0.3 is 6.18 Å². The molecular weight excluding hydrogens is 435 g/mol. The normalized spacial score (nSPS) is 17.9. The van der Waals surface area contributed by atoms with Crippen molar-refractivity contribution in [3.8, 4) is 11.4 Å². The van der Waals surface area contributed by atoms with E-state index in [1.165, 1.54) is 18.6 Å². The molecule has 3 aromatic rings. The summed E-state index contributed by atoms with van der Waals surface area (Å²) in [5.41, 5.74) is -0.0448. The zero-order chi connectivity index (χ0) is 22.2. The number of imidazole rings is 1. The minimum Gasteiger partial charge on any atom is -0.356 e. The van der Waals surface area contributed by atoms with Gasteiger partial charge in [-0.15, -0.1) is 0 Å². The molecule has 0 amide bonds. The molecule has 0 saturated carbocycles. The predicted molar refractivity (Wildman–Crippen MR) is 107 cm³/mol. The van der Waals surface area contributed by atoms with E-state index in [4.69, 9.17) is 0 Å². The molecule has 1 unspecified atom stereocenters. The van der Waals surface area contributed by atoms with Gasteiger partial charge in [-0.2, -0.15) is 18.3 Å². The van der Waals surface area contributed by atoms with Crippen LogP contribution in [0.1, 0.15) is 18.5 Å². The lowest BCUT2D eigenvalue weighted by Gasteiger charge is -2.33. The van der Waals surface area contributed by atoms with E-state index in [9.17, 15) is 21.6 Å². The first-order valence-corrected chi connectivity index (χ1v) is 11.4. The molecular formula is C18H20F3N7O2S. The van der Waals surface area contributed by atoms with Crippen LogP contribution in [0.3, 0.4) is 0 Å². The maximum atomic E-state index is 13.1. The van der Waals surface area contributed by atoms with Gasteiger partial charge in [-0.3, -0.25) is 0 Å². The van der Waals surface area contributed by atoms with Gasteiger partial charge in [0.1, 0.15) is 17.8 Å². The average molecular weight is 455 g/mol. The first-order valence-electron chi connectivity index (χ1n) is 9.54. The Morgan fingerprint density at radius 3 is 2.77 bits per heavy atom. The number of alkyl halides is 3. The number of halogens is 3. The molecule has 1 saturated heterocycles. The standard InChI is InChI=1S/C18H20F3N7O2S/c1-31(29,30)25-8-12-3-2-6-27(10-12)17-7-13(23-11-24-17)14-9-22-16-5-4-15(18(19,20)21)26-28(14)16/h4-5,7,9,11-12,25H,2-3,6,8,10H2,1H3. The van der Waals surface area contributed by atoms with Gasteiger partial charge in [-0.05, 0) is 30.9 Å². The second-order valence-corrected chi connectivity index (χ2v) is 9.30. The highest BCUT2D eigenvalue weighted by Gasteiger charge is 2.33. The summed E-state index contributed by atoms with van der Waals surface area (Å²) in [6.45, 7) is 1.67. The molecule has 1 N–H and O–H groups in total. The highest BCUT2D eigenvalue weighted by Crippen LogP contribution is 2.29. The highest BCUT2D eigenvalue weighted by molar-refractivity contribution is 7.88. The Morgan fingerprint density at radius 2 is 2.03 bits per heavy atom. The van der Waals surface area contributed by atoms with Crippen molar-refractivity contribution in [2.75, 3.05) is 30.8 Å². The number of anilines is 1. The molecule has 1 atom stereocenters. The zero-order valence-electron chi connectivity index (χ0n) is 16.5. The van der Waals surface area contributed by atoms with Crippen molar-refractivity contribution >= 4 is 21.5 Å². The van der Waals surface area contributed by atoms with E-state index in [1.54, 1.807) is 6.07 Å². The lowest BCUT2D eigenvalue weighted by Crippen LogP contribution is -2.41. The maximum absolute atomic E-state index is 13.1. The van der Waals surface area contributed by atoms with Gasteiger partial charge in [-0.1, -0.05) is 0 Å². The summed E-state index contributed by atoms with van der Waals surface area (Å²) >= 11 is 0. The van der Waals surface area contributed by atoms with Crippen LogP contribution in [0.15, 0.2) is 30.7 Å². The van der Waals surface area contributed by atoms with Crippen molar-refractivity contribution in [3.05, 3.63) is 36.4 Å². The van der Waals surface area contributed by atoms with E-state index in [1.807, 2.05) is 4.90 Å². The Balaban J connectivity index is 1.60. The van der Waals surface area contributed by atoms with Gasteiger partial charge in [0.15, 0.2) is 11.3 Å². The van der Waals surface area contributed by atoms with E-state index < -0.39 is 21.9 Å². The molecule has 0 radical (unpaired) electrons. The predicted octanol–water partition coefficient (Wildman–Crippen LogP) is 1.97. The average Bonchev–Trinajstić information content (AvgIpc) is 3.15. The molecule has 0 aromatic carbocycles. The number of aromatic nitrogens is 5. The molecule has 31 heavy (non-hydrogen) atoms. The monoisotopic (exact) mass is 455 g/mol. The summed E-state index contributed by atoms with van der Waals surface area (Å²) < 4.78 is 65.6. The van der Waals surface area contributed by atoms with Crippen molar-refractivity contribution < 1.29 is 21.6 Å². The van der Waals surface area contributed by atoms with Crippen LogP contribution in [-0.4, -0.2) is 58.9 Å². The first kappa shape index (κ1) is 21.4. The van der Waals surface area contributed by atoms with Gasteiger partial charge in [0.25, 0.3) is 0 Å². The van der Waals surface area contributed by atoms with E-state index in [0.29, 0.717) is 30.3 Å². The van der Waals surface area contributed by atoms with Crippen molar-refractivity contribution in [3.63, 3.8) is 0 Å². The molecule has 3 aromatic heterocycles. The number of fused-ring (bicyclic) bond motifs is 1. The number of nitrogens with zero attached hydrogens (tertiary/aromatic N) is 6. The SMILES string of the molecule is CS(=O)(=O)NCC1CCCN(c2cc(-c3cnc4ccc(C(F)(F)F)nn34)ncn2)C1. The third-order valence-corrected chi connectivity index (χ3v) is 5.74. The van der Waals surface area contributed by atoms with Gasteiger partial charge < -0.3 is 4.90 Å². The molecule has 1 aliphatic rings. The fourth-order valence-electron chi connectivity index (χ4n) is 3.57. The molecule has 4 rings (SSSR count). The highest BCUT2D eigenvalue weighted by atomic mass is 32.2. The lowest BCUT2D eigenvalue weighted by molar-refractivity contribution is -0.141. The van der Waals surface area contributed by atoms with Crippen LogP contribution in [-0.2, 0) is 16.2 Å². The van der Waals surface area contributed by atoms with Gasteiger partial charge in [0, 0.05) is 25.7 Å². The van der Waals surface area contributed by atoms with Crippen LogP contribution in [0.2, 0.25) is 0 Å². The van der Waals surface area contributed by atoms with Crippen molar-refractivity contribution in [2.24, 2.45) is 5.92 Å². The smallest absolute Gasteiger partial charge is 0.356 e. The summed E-state index contributed by atoms with van der Waals surface area (Å²) in [4.78, 5) is 14.6. The summed E-state index contributed by atoms with van der Waals surface area (Å²) in [5.74, 6) is 0.727. The Morgan fingerprint density at radius 1 is 1.23 bits per heavy atom. The molecule has 1 fully saturated rings. The second-order valence-electron chi connectivity index (χ2n) is 7.47. The minimum absolute atomic E-state index is 0.119. The largest absolute Gasteiger partial charge is 0.435 e. The Hall–Kier alpha value is -2.80. The molecule has 166 valence electrons. The van der Waals surface area contributed by atoms with Crippen LogP contribution >= 0.6 is 0 Å². The third-order valence-electron chi connectivity index (χ3n) is 5.05. The van der Waals surface area contributed by atoms with E-state index in [2.05, 4.69) is 24.8 Å². The number of hydrogen-bond donors (Lipinski definition) is 1. The van der Waals surface area contributed by atoms with Crippen LogP contribution in [0.5, 0.6) is 0 Å². The molecule has 9 nitrogen and oxygen atoms in total. The number of sulfonamides is 1. The quantitative estimate of drug-likeness (QED) is 0.627. The molecule has 0 bridgehead atoms. The number of nitrogens with one attached hydrogen (secondary N) is 1. The maximum Gasteiger partial charge on any atom is 0.435 e. The second kappa shape index (κ2) is 8.04. The Labute approximate surface area is 176 Å². The van der Waals surface area contributed by atoms with Gasteiger partial charge in [-0.25, -0.2) is 32.6 Å². The van der Waals surface area contributed by atoms with Gasteiger partial charge in [0.2, 0.25) is 10.0 Å². The summed E-state index contributed by atoms with van der Waals surface area (Å²) in [5, 5.41) is 3.67. The Kier molecular flexibility index (Phi) is 5.56. The lowest BCUT2D eigenvalue weighted by atomic mass is 9.98. The van der Waals surface area contributed by atoms with Crippen molar-refractivity contribution in [1.82, 2.24) is 29.3 Å². The van der Waals surface area contributed by atoms with Crippen LogP contribution in [0, 0.1) is 5.92 Å². The summed E-state index contributed by atoms with van der Waals surface area (Å²) in [7, 11) is -3.27. The van der Waals surface area contributed by atoms with E-state index in [-0.39, 0.29) is 11.6 Å². The number of hydrogen-bond acceptors (Lipinski definition) is 7. The molecule has 4 heterocycles. The van der Waals surface area contributed by atoms with Crippen LogP contribution in [0.4, 0.5) is 19.0 Å². The third kappa shape index (κ3) is 4.93. The van der Waals surface area contributed by atoms with Crippen molar-refractivity contribution in [2.45, 2.75) is 19.0 Å². The number of piperidine rings is 1. The topological polar surface area (TPSA) is 105 Å². The van der Waals surface area contributed by atoms with E-state index >= 15 is 0 Å². The first-order chi connectivity index (χ1) is 14.6.